The van der Waals surface area contributed by atoms with Crippen LogP contribution in [0, 0.1) is 0 Å². The highest BCUT2D eigenvalue weighted by molar-refractivity contribution is 6.13. The number of rotatable bonds is 5. The largest absolute Gasteiger partial charge is 0.310 e. The number of hydrogen-bond donors (Lipinski definition) is 0. The summed E-state index contributed by atoms with van der Waals surface area (Å²) in [5, 5.41) is 4.98. The Balaban J connectivity index is 1.06. The van der Waals surface area contributed by atoms with E-state index in [2.05, 4.69) is 251 Å². The highest BCUT2D eigenvalue weighted by atomic mass is 15.1. The van der Waals surface area contributed by atoms with Crippen LogP contribution in [0.5, 0.6) is 0 Å². The Labute approximate surface area is 371 Å². The van der Waals surface area contributed by atoms with Crippen LogP contribution in [0.1, 0.15) is 22.3 Å². The van der Waals surface area contributed by atoms with Crippen LogP contribution in [0.15, 0.2) is 237 Å². The molecular weight excluding hydrogens is 775 g/mol. The third-order valence-electron chi connectivity index (χ3n) is 14.1. The van der Waals surface area contributed by atoms with E-state index in [1.807, 2.05) is 0 Å². The number of anilines is 3. The maximum atomic E-state index is 2.56. The summed E-state index contributed by atoms with van der Waals surface area (Å²) in [6.45, 7) is 0. The molecule has 3 heterocycles. The fourth-order valence-electron chi connectivity index (χ4n) is 11.5. The molecule has 64 heavy (non-hydrogen) atoms. The van der Waals surface area contributed by atoms with Crippen LogP contribution in [-0.4, -0.2) is 9.13 Å². The van der Waals surface area contributed by atoms with Gasteiger partial charge in [0.05, 0.1) is 33.2 Å². The topological polar surface area (TPSA) is 13.1 Å². The van der Waals surface area contributed by atoms with Crippen molar-refractivity contribution in [1.29, 1.82) is 0 Å². The van der Waals surface area contributed by atoms with Crippen LogP contribution in [-0.2, 0) is 5.41 Å². The molecule has 0 fully saturated rings. The van der Waals surface area contributed by atoms with Crippen LogP contribution in [0.3, 0.4) is 0 Å². The molecule has 10 aromatic carbocycles. The van der Waals surface area contributed by atoms with E-state index in [4.69, 9.17) is 0 Å². The number of hydrogen-bond acceptors (Lipinski definition) is 1. The van der Waals surface area contributed by atoms with Crippen molar-refractivity contribution in [3.05, 3.63) is 259 Å². The Morgan fingerprint density at radius 3 is 1.56 bits per heavy atom. The van der Waals surface area contributed by atoms with E-state index in [1.54, 1.807) is 0 Å². The molecule has 1 aliphatic carbocycles. The van der Waals surface area contributed by atoms with Crippen molar-refractivity contribution in [1.82, 2.24) is 9.13 Å². The first kappa shape index (κ1) is 35.2. The van der Waals surface area contributed by atoms with Crippen molar-refractivity contribution in [2.24, 2.45) is 0 Å². The fraction of sp³-hybridized carbons (Fsp3) is 0.0164. The van der Waals surface area contributed by atoms with Gasteiger partial charge in [0.15, 0.2) is 0 Å². The third kappa shape index (κ3) is 4.70. The predicted molar refractivity (Wildman–Crippen MR) is 266 cm³/mol. The molecule has 0 atom stereocenters. The molecule has 2 aliphatic rings. The summed E-state index contributed by atoms with van der Waals surface area (Å²) in [4.78, 5) is 2.45. The second kappa shape index (κ2) is 13.3. The van der Waals surface area contributed by atoms with Gasteiger partial charge in [-0.2, -0.15) is 0 Å². The Kier molecular flexibility index (Phi) is 7.32. The van der Waals surface area contributed by atoms with Crippen molar-refractivity contribution < 1.29 is 0 Å². The number of benzene rings is 10. The quantitative estimate of drug-likeness (QED) is 0.169. The number of nitrogens with zero attached hydrogens (tertiary/aromatic N) is 3. The van der Waals surface area contributed by atoms with E-state index in [0.29, 0.717) is 0 Å². The first-order valence-electron chi connectivity index (χ1n) is 22.2. The van der Waals surface area contributed by atoms with Crippen molar-refractivity contribution in [3.63, 3.8) is 0 Å². The lowest BCUT2D eigenvalue weighted by molar-refractivity contribution is 0.748. The van der Waals surface area contributed by atoms with Gasteiger partial charge in [0.2, 0.25) is 0 Å². The minimum atomic E-state index is -0.509. The molecule has 0 saturated carbocycles. The predicted octanol–water partition coefficient (Wildman–Crippen LogP) is 15.7. The van der Waals surface area contributed by atoms with E-state index in [1.165, 1.54) is 93.8 Å². The lowest BCUT2D eigenvalue weighted by Crippen LogP contribution is -2.33. The summed E-state index contributed by atoms with van der Waals surface area (Å²) in [6.07, 6.45) is 0. The Bertz CT molecular complexity index is 3790. The molecule has 1 spiro atoms. The van der Waals surface area contributed by atoms with E-state index in [-0.39, 0.29) is 0 Å². The third-order valence-corrected chi connectivity index (χ3v) is 14.1. The SMILES string of the molecule is c1ccc(-c2ccc(N(c3ccc4c(c3)-n3c5ccccc5c5cccc(c53)C43c4ccccc4-c4ccccc43)c3ccc4c(c3)c3ccccc3n4-c3ccccc3)cc2)cc1. The zero-order valence-electron chi connectivity index (χ0n) is 34.9. The van der Waals surface area contributed by atoms with Gasteiger partial charge in [0.25, 0.3) is 0 Å². The second-order valence-corrected chi connectivity index (χ2v) is 17.2. The summed E-state index contributed by atoms with van der Waals surface area (Å²) in [7, 11) is 0. The average Bonchev–Trinajstić information content (AvgIpc) is 3.99. The Hall–Kier alpha value is -8.40. The summed E-state index contributed by atoms with van der Waals surface area (Å²) < 4.78 is 4.95. The standard InChI is InChI=1S/C61H39N3/c1-3-16-40(17-4-1)41-30-32-43(33-31-41)62(44-35-37-58-51(38-44)49-23-10-13-28-56(49)63(58)42-18-5-2-6-19-42)45-34-36-54-59(39-45)64-57-29-14-9-22-48(57)50-24-15-27-55(60(50)64)61(54)52-25-11-7-20-46(52)47-21-8-12-26-53(47)61/h1-39H. The highest BCUT2D eigenvalue weighted by Gasteiger charge is 2.50. The zero-order chi connectivity index (χ0) is 41.9. The number of aromatic nitrogens is 2. The van der Waals surface area contributed by atoms with Crippen molar-refractivity contribution in [2.45, 2.75) is 5.41 Å². The van der Waals surface area contributed by atoms with Crippen LogP contribution in [0.2, 0.25) is 0 Å². The zero-order valence-corrected chi connectivity index (χ0v) is 34.9. The molecule has 0 saturated heterocycles. The smallest absolute Gasteiger partial charge is 0.0754 e. The summed E-state index contributed by atoms with van der Waals surface area (Å²) in [5.41, 5.74) is 20.3. The molecule has 12 aromatic rings. The summed E-state index contributed by atoms with van der Waals surface area (Å²) >= 11 is 0. The molecular formula is C61H39N3. The Morgan fingerprint density at radius 2 is 0.828 bits per heavy atom. The first-order valence-corrected chi connectivity index (χ1v) is 22.2. The maximum Gasteiger partial charge on any atom is 0.0754 e. The van der Waals surface area contributed by atoms with Gasteiger partial charge in [-0.05, 0) is 111 Å². The van der Waals surface area contributed by atoms with Crippen molar-refractivity contribution in [2.75, 3.05) is 4.90 Å². The molecule has 0 amide bonds. The van der Waals surface area contributed by atoms with Gasteiger partial charge in [-0.15, -0.1) is 0 Å². The van der Waals surface area contributed by atoms with E-state index in [0.717, 1.165) is 22.7 Å². The number of para-hydroxylation sites is 4. The van der Waals surface area contributed by atoms with Gasteiger partial charge in [-0.25, -0.2) is 0 Å². The summed E-state index contributed by atoms with van der Waals surface area (Å²) in [5.74, 6) is 0. The first-order chi connectivity index (χ1) is 31.8. The Morgan fingerprint density at radius 1 is 0.312 bits per heavy atom. The molecule has 3 heteroatoms. The normalized spacial score (nSPS) is 13.1. The van der Waals surface area contributed by atoms with Gasteiger partial charge in [-0.1, -0.05) is 170 Å². The maximum absolute atomic E-state index is 2.56. The van der Waals surface area contributed by atoms with Crippen molar-refractivity contribution in [3.8, 4) is 33.6 Å². The van der Waals surface area contributed by atoms with Gasteiger partial charge >= 0.3 is 0 Å². The fourth-order valence-corrected chi connectivity index (χ4v) is 11.5. The van der Waals surface area contributed by atoms with Gasteiger partial charge in [0, 0.05) is 44.3 Å². The van der Waals surface area contributed by atoms with E-state index >= 15 is 0 Å². The monoisotopic (exact) mass is 813 g/mol. The highest BCUT2D eigenvalue weighted by Crippen LogP contribution is 2.61. The minimum Gasteiger partial charge on any atom is -0.310 e. The van der Waals surface area contributed by atoms with Gasteiger partial charge in [0.1, 0.15) is 0 Å². The molecule has 0 unspecified atom stereocenters. The van der Waals surface area contributed by atoms with Crippen LogP contribution >= 0.6 is 0 Å². The average molecular weight is 814 g/mol. The molecule has 0 N–H and O–H groups in total. The molecule has 0 radical (unpaired) electrons. The molecule has 1 aliphatic heterocycles. The summed E-state index contributed by atoms with van der Waals surface area (Å²) in [6, 6.07) is 87.6. The molecule has 3 nitrogen and oxygen atoms in total. The van der Waals surface area contributed by atoms with Crippen LogP contribution in [0.4, 0.5) is 17.1 Å². The molecule has 298 valence electrons. The van der Waals surface area contributed by atoms with E-state index < -0.39 is 5.41 Å². The lowest BCUT2D eigenvalue weighted by Gasteiger charge is -2.40. The van der Waals surface area contributed by atoms with E-state index in [9.17, 15) is 0 Å². The lowest BCUT2D eigenvalue weighted by atomic mass is 9.65. The molecule has 14 rings (SSSR count). The van der Waals surface area contributed by atoms with Crippen LogP contribution < -0.4 is 4.90 Å². The number of fused-ring (bicyclic) bond motifs is 15. The van der Waals surface area contributed by atoms with Crippen molar-refractivity contribution >= 4 is 60.7 Å². The molecule has 0 bridgehead atoms. The van der Waals surface area contributed by atoms with Crippen LogP contribution in [0.25, 0.3) is 77.2 Å². The molecule has 2 aromatic heterocycles. The minimum absolute atomic E-state index is 0.509. The van der Waals surface area contributed by atoms with Gasteiger partial charge in [-0.3, -0.25) is 0 Å². The van der Waals surface area contributed by atoms with Gasteiger partial charge < -0.3 is 14.0 Å². The second-order valence-electron chi connectivity index (χ2n) is 17.2.